The lowest BCUT2D eigenvalue weighted by Gasteiger charge is -2.36. The minimum atomic E-state index is 0.134. The van der Waals surface area contributed by atoms with Crippen LogP contribution in [-0.2, 0) is 0 Å². The lowest BCUT2D eigenvalue weighted by Crippen LogP contribution is -2.42. The van der Waals surface area contributed by atoms with E-state index in [1.165, 1.54) is 0 Å². The molecule has 0 bridgehead atoms. The molecule has 2 aliphatic rings. The van der Waals surface area contributed by atoms with Gasteiger partial charge in [0.15, 0.2) is 0 Å². The van der Waals surface area contributed by atoms with Crippen molar-refractivity contribution in [2.24, 2.45) is 5.41 Å². The van der Waals surface area contributed by atoms with Gasteiger partial charge < -0.3 is 14.5 Å². The molecule has 2 fully saturated rings. The van der Waals surface area contributed by atoms with E-state index in [-0.39, 0.29) is 12.0 Å². The molecule has 0 saturated carbocycles. The maximum Gasteiger partial charge on any atom is 0.254 e. The topological polar surface area (TPSA) is 36.0 Å². The van der Waals surface area contributed by atoms with E-state index >= 15 is 0 Å². The highest BCUT2D eigenvalue weighted by Gasteiger charge is 2.30. The van der Waals surface area contributed by atoms with Crippen LogP contribution in [0.3, 0.4) is 0 Å². The van der Waals surface area contributed by atoms with Crippen LogP contribution < -0.4 is 4.74 Å². The van der Waals surface area contributed by atoms with Crippen LogP contribution in [-0.4, -0.2) is 78.6 Å². The Balaban J connectivity index is 1.53. The summed E-state index contributed by atoms with van der Waals surface area (Å²) in [5.74, 6) is 0.963. The van der Waals surface area contributed by atoms with Crippen molar-refractivity contribution in [2.75, 3.05) is 45.8 Å². The van der Waals surface area contributed by atoms with Crippen molar-refractivity contribution in [3.05, 3.63) is 29.8 Å². The fraction of sp³-hybridized carbons (Fsp3) is 0.720. The molecule has 0 spiro atoms. The standard InChI is InChI=1S/C25H41N3O2/c1-6-27(7-2)21-11-16-28(18-21)24(29)20-9-8-10-23(17-20)30-22-12-14-26(15-13-22)19-25(3,4)5/h8-10,17,21-22H,6-7,11-16,18-19H2,1-5H3/t21-/m1/s1. The fourth-order valence-electron chi connectivity index (χ4n) is 4.90. The highest BCUT2D eigenvalue weighted by molar-refractivity contribution is 5.94. The maximum absolute atomic E-state index is 13.1. The molecule has 0 aliphatic carbocycles. The van der Waals surface area contributed by atoms with Gasteiger partial charge in [-0.25, -0.2) is 0 Å². The SMILES string of the molecule is CCN(CC)[C@@H]1CCN(C(=O)c2cccc(OC3CCN(CC(C)(C)C)CC3)c2)C1. The number of benzene rings is 1. The fourth-order valence-corrected chi connectivity index (χ4v) is 4.90. The molecule has 0 radical (unpaired) electrons. The Morgan fingerprint density at radius 1 is 1.10 bits per heavy atom. The zero-order chi connectivity index (χ0) is 21.7. The van der Waals surface area contributed by atoms with Gasteiger partial charge in [0, 0.05) is 44.3 Å². The third kappa shape index (κ3) is 6.21. The van der Waals surface area contributed by atoms with Gasteiger partial charge in [-0.15, -0.1) is 0 Å². The van der Waals surface area contributed by atoms with E-state index < -0.39 is 0 Å². The van der Waals surface area contributed by atoms with E-state index in [9.17, 15) is 4.79 Å². The third-order valence-electron chi connectivity index (χ3n) is 6.40. The molecule has 0 aromatic heterocycles. The van der Waals surface area contributed by atoms with Crippen molar-refractivity contribution < 1.29 is 9.53 Å². The van der Waals surface area contributed by atoms with Crippen molar-refractivity contribution in [1.29, 1.82) is 0 Å². The number of carbonyl (C=O) groups is 1. The number of likely N-dealkylation sites (tertiary alicyclic amines) is 2. The van der Waals surface area contributed by atoms with Crippen molar-refractivity contribution in [1.82, 2.24) is 14.7 Å². The molecule has 5 nitrogen and oxygen atoms in total. The third-order valence-corrected chi connectivity index (χ3v) is 6.40. The van der Waals surface area contributed by atoms with Crippen LogP contribution in [0.25, 0.3) is 0 Å². The Kier molecular flexibility index (Phi) is 7.81. The predicted octanol–water partition coefficient (Wildman–Crippen LogP) is 4.13. The average Bonchev–Trinajstić information content (AvgIpc) is 3.19. The maximum atomic E-state index is 13.1. The quantitative estimate of drug-likeness (QED) is 0.671. The lowest BCUT2D eigenvalue weighted by atomic mass is 9.94. The zero-order valence-corrected chi connectivity index (χ0v) is 19.7. The number of hydrogen-bond acceptors (Lipinski definition) is 4. The molecule has 1 amide bonds. The van der Waals surface area contributed by atoms with Crippen LogP contribution in [0.2, 0.25) is 0 Å². The Morgan fingerprint density at radius 3 is 2.43 bits per heavy atom. The van der Waals surface area contributed by atoms with Gasteiger partial charge in [0.2, 0.25) is 0 Å². The van der Waals surface area contributed by atoms with Gasteiger partial charge in [0.25, 0.3) is 5.91 Å². The smallest absolute Gasteiger partial charge is 0.254 e. The van der Waals surface area contributed by atoms with Gasteiger partial charge in [-0.2, -0.15) is 0 Å². The number of amides is 1. The molecule has 168 valence electrons. The van der Waals surface area contributed by atoms with Gasteiger partial charge in [-0.3, -0.25) is 9.69 Å². The molecule has 30 heavy (non-hydrogen) atoms. The largest absolute Gasteiger partial charge is 0.490 e. The van der Waals surface area contributed by atoms with Crippen LogP contribution >= 0.6 is 0 Å². The first-order valence-corrected chi connectivity index (χ1v) is 11.8. The van der Waals surface area contributed by atoms with Crippen molar-refractivity contribution in [3.8, 4) is 5.75 Å². The Bertz CT molecular complexity index is 688. The van der Waals surface area contributed by atoms with Crippen molar-refractivity contribution >= 4 is 5.91 Å². The number of hydrogen-bond donors (Lipinski definition) is 0. The van der Waals surface area contributed by atoms with Crippen LogP contribution in [0, 0.1) is 5.41 Å². The summed E-state index contributed by atoms with van der Waals surface area (Å²) in [4.78, 5) is 20.1. The van der Waals surface area contributed by atoms with Crippen LogP contribution in [0.15, 0.2) is 24.3 Å². The first-order valence-electron chi connectivity index (χ1n) is 11.8. The Hall–Kier alpha value is -1.59. The van der Waals surface area contributed by atoms with Gasteiger partial charge in [0.1, 0.15) is 11.9 Å². The van der Waals surface area contributed by atoms with Crippen molar-refractivity contribution in [3.63, 3.8) is 0 Å². The van der Waals surface area contributed by atoms with E-state index in [0.717, 1.165) is 76.4 Å². The van der Waals surface area contributed by atoms with E-state index in [0.29, 0.717) is 11.5 Å². The second-order valence-electron chi connectivity index (χ2n) is 10.1. The molecular weight excluding hydrogens is 374 g/mol. The molecule has 2 saturated heterocycles. The number of nitrogens with zero attached hydrogens (tertiary/aromatic N) is 3. The molecule has 0 unspecified atom stereocenters. The summed E-state index contributed by atoms with van der Waals surface area (Å²) in [5.41, 5.74) is 1.08. The second kappa shape index (κ2) is 10.1. The first-order chi connectivity index (χ1) is 14.3. The van der Waals surface area contributed by atoms with Gasteiger partial charge in [-0.1, -0.05) is 40.7 Å². The minimum Gasteiger partial charge on any atom is -0.490 e. The van der Waals surface area contributed by atoms with E-state index in [1.807, 2.05) is 29.2 Å². The van der Waals surface area contributed by atoms with E-state index in [2.05, 4.69) is 44.4 Å². The summed E-state index contributed by atoms with van der Waals surface area (Å²) in [6.07, 6.45) is 3.40. The summed E-state index contributed by atoms with van der Waals surface area (Å²) < 4.78 is 6.28. The summed E-state index contributed by atoms with van der Waals surface area (Å²) >= 11 is 0. The Labute approximate surface area is 183 Å². The predicted molar refractivity (Wildman–Crippen MR) is 123 cm³/mol. The number of rotatable bonds is 7. The summed E-state index contributed by atoms with van der Waals surface area (Å²) in [6, 6.07) is 8.29. The second-order valence-corrected chi connectivity index (χ2v) is 10.1. The molecular formula is C25H41N3O2. The van der Waals surface area contributed by atoms with Crippen LogP contribution in [0.5, 0.6) is 5.75 Å². The summed E-state index contributed by atoms with van der Waals surface area (Å²) in [7, 11) is 0. The number of ether oxygens (including phenoxy) is 1. The highest BCUT2D eigenvalue weighted by Crippen LogP contribution is 2.24. The average molecular weight is 416 g/mol. The van der Waals surface area contributed by atoms with E-state index in [1.54, 1.807) is 0 Å². The number of carbonyl (C=O) groups excluding carboxylic acids is 1. The first kappa shape index (κ1) is 23.1. The molecule has 1 aromatic carbocycles. The van der Waals surface area contributed by atoms with Crippen LogP contribution in [0.4, 0.5) is 0 Å². The van der Waals surface area contributed by atoms with Gasteiger partial charge in [0.05, 0.1) is 0 Å². The number of piperidine rings is 1. The normalized spacial score (nSPS) is 21.4. The zero-order valence-electron chi connectivity index (χ0n) is 19.7. The minimum absolute atomic E-state index is 0.134. The molecule has 2 heterocycles. The van der Waals surface area contributed by atoms with Gasteiger partial charge >= 0.3 is 0 Å². The molecule has 3 rings (SSSR count). The lowest BCUT2D eigenvalue weighted by molar-refractivity contribution is 0.0767. The molecule has 1 atom stereocenters. The summed E-state index contributed by atoms with van der Waals surface area (Å²) in [6.45, 7) is 18.3. The Morgan fingerprint density at radius 2 is 1.80 bits per heavy atom. The van der Waals surface area contributed by atoms with Gasteiger partial charge in [-0.05, 0) is 56.0 Å². The highest BCUT2D eigenvalue weighted by atomic mass is 16.5. The van der Waals surface area contributed by atoms with E-state index in [4.69, 9.17) is 4.74 Å². The van der Waals surface area contributed by atoms with Crippen LogP contribution in [0.1, 0.15) is 64.2 Å². The summed E-state index contributed by atoms with van der Waals surface area (Å²) in [5, 5.41) is 0. The monoisotopic (exact) mass is 415 g/mol. The van der Waals surface area contributed by atoms with Crippen molar-refractivity contribution in [2.45, 2.75) is 66.0 Å². The molecule has 5 heteroatoms. The molecule has 2 aliphatic heterocycles. The number of likely N-dealkylation sites (N-methyl/N-ethyl adjacent to an activating group) is 1. The molecule has 0 N–H and O–H groups in total. The molecule has 1 aromatic rings.